The molecule has 1 atom stereocenters. The van der Waals surface area contributed by atoms with E-state index in [0.717, 1.165) is 17.9 Å². The molecule has 1 aromatic carbocycles. The van der Waals surface area contributed by atoms with Gasteiger partial charge in [0.05, 0.1) is 150 Å². The number of amides is 4. The van der Waals surface area contributed by atoms with E-state index in [1.54, 1.807) is 18.2 Å². The monoisotopic (exact) mass is 1010 g/mol. The van der Waals surface area contributed by atoms with Gasteiger partial charge in [0, 0.05) is 25.3 Å². The van der Waals surface area contributed by atoms with E-state index in [2.05, 4.69) is 17.6 Å². The second kappa shape index (κ2) is 44.4. The number of anilines is 1. The summed E-state index contributed by atoms with van der Waals surface area (Å²) in [5.74, 6) is -2.16. The molecule has 2 N–H and O–H groups in total. The van der Waals surface area contributed by atoms with Crippen LogP contribution in [0.25, 0.3) is 0 Å². The van der Waals surface area contributed by atoms with E-state index in [4.69, 9.17) is 52.1 Å². The molecule has 1 saturated heterocycles. The molecular weight excluding hydrogens is 919 g/mol. The van der Waals surface area contributed by atoms with Crippen LogP contribution in [0.1, 0.15) is 143 Å². The molecule has 1 aromatic rings. The van der Waals surface area contributed by atoms with E-state index in [9.17, 15) is 19.2 Å². The maximum atomic E-state index is 13.2. The molecule has 3 rings (SSSR count). The first-order valence-corrected chi connectivity index (χ1v) is 27.0. The third kappa shape index (κ3) is 30.6. The number of carbonyl (C=O) groups excluding carboxylic acids is 4. The molecule has 0 saturated carbocycles. The fraction of sp³-hybridized carbons (Fsp3) is 0.811. The molecule has 18 heteroatoms. The number of ether oxygens (including phenoxy) is 11. The van der Waals surface area contributed by atoms with Gasteiger partial charge < -0.3 is 57.4 Å². The Morgan fingerprint density at radius 1 is 0.451 bits per heavy atom. The van der Waals surface area contributed by atoms with Crippen molar-refractivity contribution in [3.63, 3.8) is 0 Å². The van der Waals surface area contributed by atoms with Crippen molar-refractivity contribution >= 4 is 29.3 Å². The first kappa shape index (κ1) is 62.2. The number of carbonyl (C=O) groups is 4. The lowest BCUT2D eigenvalue weighted by Crippen LogP contribution is -2.54. The molecule has 4 amide bonds. The molecule has 1 unspecified atom stereocenters. The number of benzene rings is 1. The lowest BCUT2D eigenvalue weighted by molar-refractivity contribution is -0.136. The van der Waals surface area contributed by atoms with Crippen LogP contribution in [0.4, 0.5) is 5.69 Å². The highest BCUT2D eigenvalue weighted by atomic mass is 16.6. The predicted molar refractivity (Wildman–Crippen MR) is 270 cm³/mol. The quantitative estimate of drug-likeness (QED) is 0.0502. The third-order valence-electron chi connectivity index (χ3n) is 11.9. The Labute approximate surface area is 424 Å². The fourth-order valence-corrected chi connectivity index (χ4v) is 7.97. The van der Waals surface area contributed by atoms with Gasteiger partial charge in [-0.2, -0.15) is 0 Å². The van der Waals surface area contributed by atoms with Gasteiger partial charge in [-0.05, 0) is 25.0 Å². The average molecular weight is 1010 g/mol. The molecule has 2 aliphatic heterocycles. The number of imide groups is 2. The van der Waals surface area contributed by atoms with Crippen molar-refractivity contribution in [1.29, 1.82) is 0 Å². The van der Waals surface area contributed by atoms with E-state index in [-0.39, 0.29) is 24.0 Å². The van der Waals surface area contributed by atoms with Crippen LogP contribution in [0.2, 0.25) is 0 Å². The number of piperidine rings is 1. The second-order valence-corrected chi connectivity index (χ2v) is 17.6. The smallest absolute Gasteiger partial charge is 0.264 e. The van der Waals surface area contributed by atoms with E-state index in [0.29, 0.717) is 151 Å². The summed E-state index contributed by atoms with van der Waals surface area (Å²) in [6.07, 6.45) is 22.2. The second-order valence-electron chi connectivity index (χ2n) is 17.6. The maximum absolute atomic E-state index is 13.2. The van der Waals surface area contributed by atoms with Crippen molar-refractivity contribution in [2.75, 3.05) is 157 Å². The van der Waals surface area contributed by atoms with Gasteiger partial charge in [-0.15, -0.1) is 0 Å². The minimum atomic E-state index is -1.01. The molecule has 408 valence electrons. The largest absolute Gasteiger partial charge is 0.382 e. The first-order valence-electron chi connectivity index (χ1n) is 27.0. The summed E-state index contributed by atoms with van der Waals surface area (Å²) < 4.78 is 61.2. The van der Waals surface area contributed by atoms with Crippen LogP contribution < -0.4 is 10.6 Å². The molecule has 2 aliphatic rings. The molecule has 2 heterocycles. The van der Waals surface area contributed by atoms with Gasteiger partial charge in [-0.3, -0.25) is 29.4 Å². The van der Waals surface area contributed by atoms with Crippen molar-refractivity contribution < 1.29 is 71.3 Å². The number of hydrogen-bond donors (Lipinski definition) is 2. The number of hydrogen-bond acceptors (Lipinski definition) is 16. The van der Waals surface area contributed by atoms with E-state index in [1.807, 2.05) is 0 Å². The predicted octanol–water partition coefficient (Wildman–Crippen LogP) is 6.94. The van der Waals surface area contributed by atoms with Gasteiger partial charge in [0.2, 0.25) is 11.8 Å². The van der Waals surface area contributed by atoms with Crippen molar-refractivity contribution in [2.24, 2.45) is 0 Å². The van der Waals surface area contributed by atoms with Crippen LogP contribution in [-0.4, -0.2) is 186 Å². The summed E-state index contributed by atoms with van der Waals surface area (Å²) in [6, 6.07) is 3.91. The van der Waals surface area contributed by atoms with Crippen LogP contribution in [0.5, 0.6) is 0 Å². The van der Waals surface area contributed by atoms with Crippen molar-refractivity contribution in [3.8, 4) is 0 Å². The number of unbranched alkanes of at least 4 members (excludes halogenated alkanes) is 15. The van der Waals surface area contributed by atoms with Crippen LogP contribution in [-0.2, 0) is 61.7 Å². The zero-order chi connectivity index (χ0) is 50.5. The van der Waals surface area contributed by atoms with Gasteiger partial charge in [-0.25, -0.2) is 0 Å². The zero-order valence-electron chi connectivity index (χ0n) is 43.4. The molecule has 71 heavy (non-hydrogen) atoms. The number of nitrogens with zero attached hydrogens (tertiary/aromatic N) is 1. The van der Waals surface area contributed by atoms with Crippen molar-refractivity contribution in [1.82, 2.24) is 10.2 Å². The lowest BCUT2D eigenvalue weighted by atomic mass is 10.0. The molecular formula is C53H91N3O15. The van der Waals surface area contributed by atoms with Crippen LogP contribution in [0, 0.1) is 0 Å². The highest BCUT2D eigenvalue weighted by molar-refractivity contribution is 6.25. The first-order chi connectivity index (χ1) is 35.0. The van der Waals surface area contributed by atoms with Crippen LogP contribution >= 0.6 is 0 Å². The molecule has 0 aliphatic carbocycles. The van der Waals surface area contributed by atoms with Gasteiger partial charge in [0.25, 0.3) is 11.8 Å². The zero-order valence-corrected chi connectivity index (χ0v) is 43.4. The topological polar surface area (TPSA) is 197 Å². The van der Waals surface area contributed by atoms with E-state index >= 15 is 0 Å². The summed E-state index contributed by atoms with van der Waals surface area (Å²) in [6.45, 7) is 13.6. The van der Waals surface area contributed by atoms with Crippen molar-refractivity contribution in [2.45, 2.75) is 129 Å². The SMILES string of the molecule is CCCCCCCCCCCCCCCCCCOCCOCCOCCOCCOCCOCCOCCOCCOCCOCCOCCNc1cccc2c1C(=O)N(C1CCC(=O)NC1=O)C2=O. The Hall–Kier alpha value is -3.14. The van der Waals surface area contributed by atoms with E-state index in [1.165, 1.54) is 96.3 Å². The molecule has 1 fully saturated rings. The van der Waals surface area contributed by atoms with Gasteiger partial charge in [-0.1, -0.05) is 109 Å². The normalized spacial score (nSPS) is 14.8. The Bertz CT molecular complexity index is 1510. The molecule has 0 aromatic heterocycles. The van der Waals surface area contributed by atoms with Gasteiger partial charge in [0.1, 0.15) is 6.04 Å². The van der Waals surface area contributed by atoms with E-state index < -0.39 is 29.7 Å². The highest BCUT2D eigenvalue weighted by Crippen LogP contribution is 2.32. The fourth-order valence-electron chi connectivity index (χ4n) is 7.97. The Kier molecular flexibility index (Phi) is 38.8. The Morgan fingerprint density at radius 3 is 1.18 bits per heavy atom. The summed E-state index contributed by atoms with van der Waals surface area (Å²) in [5.41, 5.74) is 0.912. The highest BCUT2D eigenvalue weighted by Gasteiger charge is 2.45. The minimum absolute atomic E-state index is 0.0659. The Morgan fingerprint density at radius 2 is 0.803 bits per heavy atom. The lowest BCUT2D eigenvalue weighted by Gasteiger charge is -2.27. The number of rotatable bonds is 52. The molecule has 18 nitrogen and oxygen atoms in total. The molecule has 0 spiro atoms. The molecule has 0 radical (unpaired) electrons. The van der Waals surface area contributed by atoms with Crippen molar-refractivity contribution in [3.05, 3.63) is 29.3 Å². The molecule has 0 bridgehead atoms. The summed E-state index contributed by atoms with van der Waals surface area (Å²) in [4.78, 5) is 51.0. The standard InChI is InChI=1S/C53H91N3O15/c1-2-3-4-5-6-7-8-9-10-11-12-13-14-15-16-17-24-61-26-28-63-30-32-65-34-36-67-38-40-69-42-44-71-45-43-70-41-39-68-37-35-66-33-31-64-29-27-62-25-23-54-47-20-18-19-46-50(47)53(60)56(52(46)59)48-21-22-49(57)55-51(48)58/h18-20,48,54H,2-17,21-45H2,1H3,(H,55,57,58). The summed E-state index contributed by atoms with van der Waals surface area (Å²) in [5, 5.41) is 5.35. The summed E-state index contributed by atoms with van der Waals surface area (Å²) in [7, 11) is 0. The average Bonchev–Trinajstić information content (AvgIpc) is 3.62. The van der Waals surface area contributed by atoms with Gasteiger partial charge >= 0.3 is 0 Å². The number of nitrogens with one attached hydrogen (secondary N) is 2. The maximum Gasteiger partial charge on any atom is 0.264 e. The minimum Gasteiger partial charge on any atom is -0.382 e. The Balaban J connectivity index is 0.923. The number of fused-ring (bicyclic) bond motifs is 1. The van der Waals surface area contributed by atoms with Crippen LogP contribution in [0.15, 0.2) is 18.2 Å². The third-order valence-corrected chi connectivity index (χ3v) is 11.9. The van der Waals surface area contributed by atoms with Gasteiger partial charge in [0.15, 0.2) is 0 Å². The van der Waals surface area contributed by atoms with Crippen LogP contribution in [0.3, 0.4) is 0 Å². The summed E-state index contributed by atoms with van der Waals surface area (Å²) >= 11 is 0.